The molecule has 1 aromatic heterocycles. The van der Waals surface area contributed by atoms with Gasteiger partial charge in [0, 0.05) is 23.7 Å². The van der Waals surface area contributed by atoms with E-state index in [1.807, 2.05) is 6.07 Å². The maximum atomic E-state index is 5.61. The Kier molecular flexibility index (Phi) is 3.92. The lowest BCUT2D eigenvalue weighted by atomic mass is 10.1. The average molecular weight is 246 g/mol. The molecule has 0 aliphatic rings. The lowest BCUT2D eigenvalue weighted by molar-refractivity contribution is 0.415. The monoisotopic (exact) mass is 246 g/mol. The third kappa shape index (κ3) is 2.36. The third-order valence-electron chi connectivity index (χ3n) is 3.33. The summed E-state index contributed by atoms with van der Waals surface area (Å²) in [5.74, 6) is 0.910. The van der Waals surface area contributed by atoms with Crippen LogP contribution in [0.1, 0.15) is 31.9 Å². The van der Waals surface area contributed by atoms with Crippen LogP contribution >= 0.6 is 0 Å². The number of nitrogens with two attached hydrogens (primary N) is 1. The highest BCUT2D eigenvalue weighted by Gasteiger charge is 2.11. The van der Waals surface area contributed by atoms with Gasteiger partial charge in [0.1, 0.15) is 5.75 Å². The highest BCUT2D eigenvalue weighted by atomic mass is 16.5. The molecular weight excluding hydrogens is 224 g/mol. The molecule has 0 unspecified atom stereocenters. The summed E-state index contributed by atoms with van der Waals surface area (Å²) in [6.07, 6.45) is 4.33. The maximum Gasteiger partial charge on any atom is 0.120 e. The first kappa shape index (κ1) is 13.0. The van der Waals surface area contributed by atoms with Crippen LogP contribution in [0.5, 0.6) is 5.75 Å². The van der Waals surface area contributed by atoms with Crippen LogP contribution in [-0.4, -0.2) is 18.2 Å². The number of hydrogen-bond donors (Lipinski definition) is 1. The molecule has 0 aliphatic heterocycles. The maximum absolute atomic E-state index is 5.61. The third-order valence-corrected chi connectivity index (χ3v) is 3.33. The Morgan fingerprint density at radius 2 is 2.11 bits per heavy atom. The predicted octanol–water partition coefficient (Wildman–Crippen LogP) is 3.12. The number of fused-ring (bicyclic) bond motifs is 1. The summed E-state index contributed by atoms with van der Waals surface area (Å²) in [5.41, 5.74) is 8.23. The van der Waals surface area contributed by atoms with Gasteiger partial charge in [-0.05, 0) is 50.9 Å². The minimum absolute atomic E-state index is 0.450. The van der Waals surface area contributed by atoms with Gasteiger partial charge in [-0.25, -0.2) is 0 Å². The lowest BCUT2D eigenvalue weighted by Gasteiger charge is -2.09. The normalized spacial score (nSPS) is 11.4. The second-order valence-corrected chi connectivity index (χ2v) is 4.93. The summed E-state index contributed by atoms with van der Waals surface area (Å²) < 4.78 is 7.62. The number of methoxy groups -OCH3 is 1. The van der Waals surface area contributed by atoms with Crippen LogP contribution in [0.4, 0.5) is 0 Å². The number of benzene rings is 1. The summed E-state index contributed by atoms with van der Waals surface area (Å²) in [7, 11) is 1.71. The largest absolute Gasteiger partial charge is 0.497 e. The van der Waals surface area contributed by atoms with Gasteiger partial charge in [-0.15, -0.1) is 0 Å². The summed E-state index contributed by atoms with van der Waals surface area (Å²) in [5, 5.41) is 1.32. The molecule has 1 aromatic carbocycles. The van der Waals surface area contributed by atoms with Crippen LogP contribution < -0.4 is 10.5 Å². The first-order chi connectivity index (χ1) is 8.67. The second kappa shape index (κ2) is 5.44. The smallest absolute Gasteiger partial charge is 0.120 e. The van der Waals surface area contributed by atoms with E-state index in [1.165, 1.54) is 16.5 Å². The van der Waals surface area contributed by atoms with Gasteiger partial charge < -0.3 is 15.0 Å². The van der Waals surface area contributed by atoms with Gasteiger partial charge in [0.15, 0.2) is 0 Å². The number of nitrogens with zero attached hydrogens (tertiary/aromatic N) is 1. The SMILES string of the molecule is COc1ccc2c(CCCN)cn(C(C)C)c2c1. The van der Waals surface area contributed by atoms with Crippen molar-refractivity contribution in [1.82, 2.24) is 4.57 Å². The Balaban J connectivity index is 2.53. The zero-order valence-electron chi connectivity index (χ0n) is 11.4. The molecule has 3 nitrogen and oxygen atoms in total. The standard InChI is InChI=1S/C15H22N2O/c1-11(2)17-10-12(5-4-8-16)14-7-6-13(18-3)9-15(14)17/h6-7,9-11H,4-5,8,16H2,1-3H3. The van der Waals surface area contributed by atoms with Gasteiger partial charge in [-0.3, -0.25) is 0 Å². The fourth-order valence-electron chi connectivity index (χ4n) is 2.35. The first-order valence-electron chi connectivity index (χ1n) is 6.55. The topological polar surface area (TPSA) is 40.2 Å². The molecule has 0 bridgehead atoms. The zero-order valence-corrected chi connectivity index (χ0v) is 11.4. The van der Waals surface area contributed by atoms with Gasteiger partial charge in [0.25, 0.3) is 0 Å². The van der Waals surface area contributed by atoms with Gasteiger partial charge >= 0.3 is 0 Å². The number of aryl methyl sites for hydroxylation is 1. The van der Waals surface area contributed by atoms with Crippen LogP contribution in [0.25, 0.3) is 10.9 Å². The van der Waals surface area contributed by atoms with Crippen molar-refractivity contribution in [3.63, 3.8) is 0 Å². The van der Waals surface area contributed by atoms with E-state index < -0.39 is 0 Å². The number of hydrogen-bond acceptors (Lipinski definition) is 2. The number of ether oxygens (including phenoxy) is 1. The highest BCUT2D eigenvalue weighted by molar-refractivity contribution is 5.85. The molecule has 1 heterocycles. The van der Waals surface area contributed by atoms with E-state index >= 15 is 0 Å². The highest BCUT2D eigenvalue weighted by Crippen LogP contribution is 2.28. The Morgan fingerprint density at radius 1 is 1.33 bits per heavy atom. The van der Waals surface area contributed by atoms with Crippen LogP contribution in [0.15, 0.2) is 24.4 Å². The molecule has 18 heavy (non-hydrogen) atoms. The van der Waals surface area contributed by atoms with Crippen LogP contribution in [0.2, 0.25) is 0 Å². The van der Waals surface area contributed by atoms with Crippen molar-refractivity contribution in [1.29, 1.82) is 0 Å². The summed E-state index contributed by atoms with van der Waals surface area (Å²) in [4.78, 5) is 0. The molecule has 0 saturated carbocycles. The molecule has 3 heteroatoms. The summed E-state index contributed by atoms with van der Waals surface area (Å²) >= 11 is 0. The van der Waals surface area contributed by atoms with Crippen molar-refractivity contribution in [3.05, 3.63) is 30.0 Å². The van der Waals surface area contributed by atoms with E-state index in [9.17, 15) is 0 Å². The van der Waals surface area contributed by atoms with E-state index in [0.717, 1.165) is 25.1 Å². The molecule has 0 radical (unpaired) electrons. The van der Waals surface area contributed by atoms with Crippen molar-refractivity contribution in [2.24, 2.45) is 5.73 Å². The summed E-state index contributed by atoms with van der Waals surface area (Å²) in [6.45, 7) is 5.14. The van der Waals surface area contributed by atoms with Crippen LogP contribution in [0, 0.1) is 0 Å². The van der Waals surface area contributed by atoms with Crippen molar-refractivity contribution in [2.75, 3.05) is 13.7 Å². The minimum Gasteiger partial charge on any atom is -0.497 e. The van der Waals surface area contributed by atoms with Crippen LogP contribution in [-0.2, 0) is 6.42 Å². The van der Waals surface area contributed by atoms with E-state index in [0.29, 0.717) is 6.04 Å². The van der Waals surface area contributed by atoms with Crippen molar-refractivity contribution in [2.45, 2.75) is 32.7 Å². The molecule has 0 atom stereocenters. The Morgan fingerprint density at radius 3 is 2.72 bits per heavy atom. The number of aromatic nitrogens is 1. The second-order valence-electron chi connectivity index (χ2n) is 4.93. The molecule has 0 amide bonds. The molecule has 0 spiro atoms. The Hall–Kier alpha value is -1.48. The van der Waals surface area contributed by atoms with Crippen LogP contribution in [0.3, 0.4) is 0 Å². The van der Waals surface area contributed by atoms with E-state index in [4.69, 9.17) is 10.5 Å². The van der Waals surface area contributed by atoms with Gasteiger partial charge in [0.2, 0.25) is 0 Å². The van der Waals surface area contributed by atoms with Gasteiger partial charge in [-0.1, -0.05) is 0 Å². The first-order valence-corrected chi connectivity index (χ1v) is 6.55. The predicted molar refractivity (Wildman–Crippen MR) is 76.3 cm³/mol. The fraction of sp³-hybridized carbons (Fsp3) is 0.467. The lowest BCUT2D eigenvalue weighted by Crippen LogP contribution is -2.00. The molecule has 0 aliphatic carbocycles. The van der Waals surface area contributed by atoms with E-state index in [2.05, 4.69) is 36.7 Å². The van der Waals surface area contributed by atoms with E-state index in [-0.39, 0.29) is 0 Å². The minimum atomic E-state index is 0.450. The molecule has 0 saturated heterocycles. The molecular formula is C15H22N2O. The fourth-order valence-corrected chi connectivity index (χ4v) is 2.35. The zero-order chi connectivity index (χ0) is 13.1. The summed E-state index contributed by atoms with van der Waals surface area (Å²) in [6, 6.07) is 6.74. The Bertz CT molecular complexity index is 529. The average Bonchev–Trinajstić information content (AvgIpc) is 2.74. The molecule has 0 fully saturated rings. The molecule has 2 rings (SSSR count). The Labute approximate surface area is 109 Å². The van der Waals surface area contributed by atoms with Gasteiger partial charge in [-0.2, -0.15) is 0 Å². The molecule has 98 valence electrons. The van der Waals surface area contributed by atoms with Crippen molar-refractivity contribution >= 4 is 10.9 Å². The van der Waals surface area contributed by atoms with E-state index in [1.54, 1.807) is 7.11 Å². The van der Waals surface area contributed by atoms with Crippen molar-refractivity contribution in [3.8, 4) is 5.75 Å². The van der Waals surface area contributed by atoms with Gasteiger partial charge in [0.05, 0.1) is 12.6 Å². The molecule has 2 N–H and O–H groups in total. The quantitative estimate of drug-likeness (QED) is 0.880. The number of rotatable bonds is 5. The van der Waals surface area contributed by atoms with Crippen molar-refractivity contribution < 1.29 is 4.74 Å². The molecule has 2 aromatic rings.